The van der Waals surface area contributed by atoms with E-state index in [-0.39, 0.29) is 6.54 Å². The summed E-state index contributed by atoms with van der Waals surface area (Å²) in [5.74, 6) is -1.60. The second-order valence-electron chi connectivity index (χ2n) is 4.78. The predicted octanol–water partition coefficient (Wildman–Crippen LogP) is 2.41. The molecule has 1 amide bonds. The Labute approximate surface area is 115 Å². The Morgan fingerprint density at radius 1 is 1.28 bits per heavy atom. The van der Waals surface area contributed by atoms with E-state index in [1.54, 1.807) is 20.8 Å². The Bertz CT molecular complexity index is 452. The molecule has 0 saturated heterocycles. The summed E-state index contributed by atoms with van der Waals surface area (Å²) in [6.45, 7) is 5.42. The Balaban J connectivity index is 2.52. The highest BCUT2D eigenvalue weighted by molar-refractivity contribution is 9.10. The number of hydrogen-bond acceptors (Lipinski definition) is 3. The predicted molar refractivity (Wildman–Crippen MR) is 71.8 cm³/mol. The highest BCUT2D eigenvalue weighted by Gasteiger charge is 2.22. The van der Waals surface area contributed by atoms with E-state index in [0.717, 1.165) is 10.0 Å². The zero-order valence-electron chi connectivity index (χ0n) is 10.6. The molecule has 0 spiro atoms. The van der Waals surface area contributed by atoms with Crippen LogP contribution in [0.25, 0.3) is 0 Å². The Morgan fingerprint density at radius 3 is 2.44 bits per heavy atom. The van der Waals surface area contributed by atoms with E-state index in [1.807, 2.05) is 24.3 Å². The fourth-order valence-electron chi connectivity index (χ4n) is 1.21. The number of nitrogens with one attached hydrogen (secondary N) is 1. The van der Waals surface area contributed by atoms with Gasteiger partial charge in [-0.05, 0) is 32.4 Å². The quantitative estimate of drug-likeness (QED) is 0.674. The van der Waals surface area contributed by atoms with Gasteiger partial charge in [-0.25, -0.2) is 4.79 Å². The van der Waals surface area contributed by atoms with Crippen LogP contribution in [-0.4, -0.2) is 17.5 Å². The first-order valence-electron chi connectivity index (χ1n) is 5.54. The van der Waals surface area contributed by atoms with Gasteiger partial charge < -0.3 is 10.1 Å². The second kappa shape index (κ2) is 6.00. The van der Waals surface area contributed by atoms with Crippen LogP contribution in [0.3, 0.4) is 0 Å². The molecule has 1 aromatic rings. The molecule has 98 valence electrons. The number of halogens is 1. The number of ether oxygens (including phenoxy) is 1. The average molecular weight is 314 g/mol. The van der Waals surface area contributed by atoms with Gasteiger partial charge in [0.25, 0.3) is 0 Å². The van der Waals surface area contributed by atoms with Crippen molar-refractivity contribution in [2.75, 3.05) is 0 Å². The molecule has 0 radical (unpaired) electrons. The third-order valence-corrected chi connectivity index (χ3v) is 2.76. The van der Waals surface area contributed by atoms with Crippen molar-refractivity contribution in [3.63, 3.8) is 0 Å². The first-order valence-corrected chi connectivity index (χ1v) is 6.33. The highest BCUT2D eigenvalue weighted by Crippen LogP contribution is 2.15. The summed E-state index contributed by atoms with van der Waals surface area (Å²) in [6, 6.07) is 7.47. The standard InChI is InChI=1S/C13H16BrNO3/c1-13(2,3)18-12(17)11(16)15-8-9-6-4-5-7-10(9)14/h4-7H,8H2,1-3H3,(H,15,16). The maximum Gasteiger partial charge on any atom is 0.397 e. The molecule has 0 heterocycles. The van der Waals surface area contributed by atoms with Gasteiger partial charge in [0.2, 0.25) is 0 Å². The van der Waals surface area contributed by atoms with Crippen molar-refractivity contribution in [1.82, 2.24) is 5.32 Å². The number of amides is 1. The molecule has 1 rings (SSSR count). The lowest BCUT2D eigenvalue weighted by Gasteiger charge is -2.18. The van der Waals surface area contributed by atoms with Crippen LogP contribution in [-0.2, 0) is 20.9 Å². The monoisotopic (exact) mass is 313 g/mol. The Kier molecular flexibility index (Phi) is 4.90. The number of benzene rings is 1. The molecule has 5 heteroatoms. The maximum absolute atomic E-state index is 11.5. The molecule has 0 bridgehead atoms. The Morgan fingerprint density at radius 2 is 1.89 bits per heavy atom. The smallest absolute Gasteiger partial charge is 0.397 e. The van der Waals surface area contributed by atoms with Crippen molar-refractivity contribution in [2.45, 2.75) is 32.9 Å². The van der Waals surface area contributed by atoms with Gasteiger partial charge in [-0.2, -0.15) is 0 Å². The van der Waals surface area contributed by atoms with Crippen molar-refractivity contribution in [3.05, 3.63) is 34.3 Å². The van der Waals surface area contributed by atoms with Crippen LogP contribution in [0, 0.1) is 0 Å². The summed E-state index contributed by atoms with van der Waals surface area (Å²) in [4.78, 5) is 22.9. The summed E-state index contributed by atoms with van der Waals surface area (Å²) < 4.78 is 5.84. The molecule has 0 aliphatic carbocycles. The van der Waals surface area contributed by atoms with Gasteiger partial charge in [0.1, 0.15) is 5.60 Å². The summed E-state index contributed by atoms with van der Waals surface area (Å²) >= 11 is 3.36. The molecule has 0 unspecified atom stereocenters. The lowest BCUT2D eigenvalue weighted by atomic mass is 10.2. The lowest BCUT2D eigenvalue weighted by Crippen LogP contribution is -2.36. The highest BCUT2D eigenvalue weighted by atomic mass is 79.9. The van der Waals surface area contributed by atoms with E-state index in [1.165, 1.54) is 0 Å². The fraction of sp³-hybridized carbons (Fsp3) is 0.385. The summed E-state index contributed by atoms with van der Waals surface area (Å²) in [5.41, 5.74) is 0.233. The third-order valence-electron chi connectivity index (χ3n) is 1.98. The zero-order chi connectivity index (χ0) is 13.8. The molecule has 1 N–H and O–H groups in total. The van der Waals surface area contributed by atoms with Gasteiger partial charge in [0.15, 0.2) is 0 Å². The van der Waals surface area contributed by atoms with Gasteiger partial charge in [0, 0.05) is 11.0 Å². The van der Waals surface area contributed by atoms with Crippen molar-refractivity contribution >= 4 is 27.8 Å². The number of esters is 1. The fourth-order valence-corrected chi connectivity index (χ4v) is 1.64. The summed E-state index contributed by atoms with van der Waals surface area (Å²) in [7, 11) is 0. The van der Waals surface area contributed by atoms with E-state index >= 15 is 0 Å². The second-order valence-corrected chi connectivity index (χ2v) is 5.63. The van der Waals surface area contributed by atoms with Crippen LogP contribution in [0.4, 0.5) is 0 Å². The zero-order valence-corrected chi connectivity index (χ0v) is 12.2. The van der Waals surface area contributed by atoms with Gasteiger partial charge in [-0.3, -0.25) is 4.79 Å². The van der Waals surface area contributed by atoms with E-state index in [4.69, 9.17) is 4.74 Å². The molecular weight excluding hydrogens is 298 g/mol. The van der Waals surface area contributed by atoms with Crippen LogP contribution in [0.1, 0.15) is 26.3 Å². The Hall–Kier alpha value is -1.36. The van der Waals surface area contributed by atoms with Crippen LogP contribution in [0.2, 0.25) is 0 Å². The third kappa shape index (κ3) is 4.87. The summed E-state index contributed by atoms with van der Waals surface area (Å²) in [6.07, 6.45) is 0. The number of carbonyl (C=O) groups excluding carboxylic acids is 2. The molecule has 4 nitrogen and oxygen atoms in total. The van der Waals surface area contributed by atoms with Crippen molar-refractivity contribution in [3.8, 4) is 0 Å². The number of rotatable bonds is 2. The van der Waals surface area contributed by atoms with Gasteiger partial charge in [0.05, 0.1) is 0 Å². The van der Waals surface area contributed by atoms with Crippen LogP contribution in [0.5, 0.6) is 0 Å². The minimum atomic E-state index is -0.866. The molecule has 0 aliphatic heterocycles. The maximum atomic E-state index is 11.5. The van der Waals surface area contributed by atoms with Crippen LogP contribution >= 0.6 is 15.9 Å². The van der Waals surface area contributed by atoms with E-state index in [9.17, 15) is 9.59 Å². The molecule has 18 heavy (non-hydrogen) atoms. The average Bonchev–Trinajstić information content (AvgIpc) is 2.25. The molecule has 1 aromatic carbocycles. The first-order chi connectivity index (χ1) is 8.29. The summed E-state index contributed by atoms with van der Waals surface area (Å²) in [5, 5.41) is 2.52. The minimum absolute atomic E-state index is 0.277. The SMILES string of the molecule is CC(C)(C)OC(=O)C(=O)NCc1ccccc1Br. The van der Waals surface area contributed by atoms with E-state index < -0.39 is 17.5 Å². The van der Waals surface area contributed by atoms with Crippen molar-refractivity contribution < 1.29 is 14.3 Å². The molecule has 0 aromatic heterocycles. The van der Waals surface area contributed by atoms with Crippen molar-refractivity contribution in [2.24, 2.45) is 0 Å². The van der Waals surface area contributed by atoms with Gasteiger partial charge in [-0.1, -0.05) is 34.1 Å². The molecule has 0 aliphatic rings. The van der Waals surface area contributed by atoms with E-state index in [2.05, 4.69) is 21.2 Å². The van der Waals surface area contributed by atoms with Crippen LogP contribution in [0.15, 0.2) is 28.7 Å². The van der Waals surface area contributed by atoms with Crippen LogP contribution < -0.4 is 5.32 Å². The molecule has 0 fully saturated rings. The lowest BCUT2D eigenvalue weighted by molar-refractivity contribution is -0.163. The van der Waals surface area contributed by atoms with E-state index in [0.29, 0.717) is 0 Å². The number of carbonyl (C=O) groups is 2. The normalized spacial score (nSPS) is 10.9. The molecular formula is C13H16BrNO3. The largest absolute Gasteiger partial charge is 0.453 e. The van der Waals surface area contributed by atoms with Gasteiger partial charge >= 0.3 is 11.9 Å². The van der Waals surface area contributed by atoms with Crippen molar-refractivity contribution in [1.29, 1.82) is 0 Å². The first kappa shape index (κ1) is 14.7. The minimum Gasteiger partial charge on any atom is -0.453 e. The van der Waals surface area contributed by atoms with Gasteiger partial charge in [-0.15, -0.1) is 0 Å². The number of hydrogen-bond donors (Lipinski definition) is 1. The molecule has 0 atom stereocenters. The topological polar surface area (TPSA) is 55.4 Å². The molecule has 0 saturated carbocycles.